The van der Waals surface area contributed by atoms with E-state index in [0.717, 1.165) is 21.6 Å². The molecule has 44 heteroatoms. The number of primary amides is 1. The van der Waals surface area contributed by atoms with Crippen molar-refractivity contribution in [2.24, 2.45) is 69.4 Å². The lowest BCUT2D eigenvalue weighted by atomic mass is 9.98. The number of hydrogen-bond acceptors (Lipinski definition) is 27. The maximum absolute atomic E-state index is 15.0. The topological polar surface area (TPSA) is 708 Å². The van der Waals surface area contributed by atoms with Crippen LogP contribution in [0, 0.1) is 17.8 Å². The zero-order chi connectivity index (χ0) is 93.0. The van der Waals surface area contributed by atoms with E-state index in [0.29, 0.717) is 90.0 Å². The summed E-state index contributed by atoms with van der Waals surface area (Å²) in [6.45, 7) is 13.5. The summed E-state index contributed by atoms with van der Waals surface area (Å²) in [5, 5.41) is 40.1. The highest BCUT2D eigenvalue weighted by molar-refractivity contribution is 8.76. The van der Waals surface area contributed by atoms with Gasteiger partial charge in [0.25, 0.3) is 0 Å². The third kappa shape index (κ3) is 43.5. The molecule has 2 rings (SSSR count). The molecule has 15 atom stereocenters. The highest BCUT2D eigenvalue weighted by Gasteiger charge is 2.41. The summed E-state index contributed by atoms with van der Waals surface area (Å²) in [5.74, 6) is -15.5. The van der Waals surface area contributed by atoms with Gasteiger partial charge in [0.15, 0.2) is 0 Å². The van der Waals surface area contributed by atoms with Gasteiger partial charge in [-0.1, -0.05) is 63.1 Å². The zero-order valence-corrected chi connectivity index (χ0v) is 75.6. The summed E-state index contributed by atoms with van der Waals surface area (Å²) in [6.07, 6.45) is 6.05. The van der Waals surface area contributed by atoms with Crippen molar-refractivity contribution >= 4 is 122 Å². The van der Waals surface area contributed by atoms with Crippen molar-refractivity contribution in [1.29, 1.82) is 0 Å². The molecule has 2 aliphatic heterocycles. The van der Waals surface area contributed by atoms with Crippen LogP contribution in [0.15, 0.2) is 0 Å². The van der Waals surface area contributed by atoms with Gasteiger partial charge in [0, 0.05) is 18.1 Å². The number of carbonyl (C=O) groups is 17. The van der Waals surface area contributed by atoms with Gasteiger partial charge in [-0.3, -0.25) is 81.5 Å². The Kier molecular flexibility index (Phi) is 56.2. The molecule has 0 bridgehead atoms. The number of nitrogens with two attached hydrogens (primary N) is 9. The number of unbranched alkanes of at least 4 members (excludes halogenated alkanes) is 7. The SMILES string of the molecule is CC(C)C[C@@H]1NC(=O)[C@H](CCCCN)NC(=O)[C@H](CC(C)C)NC(=O)[C@@H]2CCCN2C(=O)CNC(=O)[C@H](CCCCN)NC(=O)[C@@H](NC(=O)[C@H](CCCCN)NC(=O)CNC(=O)[C@H](CCCCN)NC(=O)[C@H](CCCCN)NC(=O)[C@H](CCCCN)NC(=O)[C@H](C)N)CSSC[C@@H](C(N)=O)NC(=O)[C@H](CCCCN)NC(=O)[C@H](C)NC(=O)[C@H](C(C)C)NC1=O. The van der Waals surface area contributed by atoms with Crippen molar-refractivity contribution in [1.82, 2.24) is 84.7 Å². The van der Waals surface area contributed by atoms with Gasteiger partial charge in [0.2, 0.25) is 100 Å². The zero-order valence-electron chi connectivity index (χ0n) is 74.0. The summed E-state index contributed by atoms with van der Waals surface area (Å²) >= 11 is 0. The third-order valence-corrected chi connectivity index (χ3v) is 23.2. The Hall–Kier alpha value is -8.63. The van der Waals surface area contributed by atoms with Crippen molar-refractivity contribution in [2.75, 3.05) is 77.0 Å². The van der Waals surface area contributed by atoms with Crippen LogP contribution in [0.1, 0.15) is 216 Å². The molecule has 0 aliphatic carbocycles. The number of hydrogen-bond donors (Lipinski definition) is 24. The summed E-state index contributed by atoms with van der Waals surface area (Å²) in [4.78, 5) is 243. The van der Waals surface area contributed by atoms with Crippen molar-refractivity contribution in [3.8, 4) is 0 Å². The van der Waals surface area contributed by atoms with E-state index in [2.05, 4.69) is 79.8 Å². The Labute approximate surface area is 737 Å². The molecule has 0 saturated carbocycles. The van der Waals surface area contributed by atoms with Gasteiger partial charge < -0.3 is 136 Å². The molecule has 124 heavy (non-hydrogen) atoms. The fourth-order valence-corrected chi connectivity index (χ4v) is 15.9. The molecule has 17 amide bonds. The van der Waals surface area contributed by atoms with Crippen molar-refractivity contribution in [3.05, 3.63) is 0 Å². The van der Waals surface area contributed by atoms with Gasteiger partial charge in [-0.2, -0.15) is 0 Å². The van der Waals surface area contributed by atoms with Crippen LogP contribution >= 0.6 is 21.6 Å². The highest BCUT2D eigenvalue weighted by atomic mass is 33.1. The minimum atomic E-state index is -1.61. The Morgan fingerprint density at radius 2 is 0.823 bits per heavy atom. The smallest absolute Gasteiger partial charge is 0.244 e. The number of nitrogens with one attached hydrogen (secondary N) is 15. The maximum Gasteiger partial charge on any atom is 0.244 e. The van der Waals surface area contributed by atoms with Crippen molar-refractivity contribution in [2.45, 2.75) is 307 Å². The predicted molar refractivity (Wildman–Crippen MR) is 473 cm³/mol. The Balaban J connectivity index is 2.82. The van der Waals surface area contributed by atoms with E-state index in [1.165, 1.54) is 18.7 Å². The molecular weight excluding hydrogens is 1650 g/mol. The van der Waals surface area contributed by atoms with E-state index >= 15 is 4.79 Å². The Morgan fingerprint density at radius 3 is 1.28 bits per heavy atom. The molecule has 2 aliphatic rings. The molecule has 0 aromatic heterocycles. The molecule has 42 nitrogen and oxygen atoms in total. The lowest BCUT2D eigenvalue weighted by molar-refractivity contribution is -0.140. The number of rotatable bonds is 46. The van der Waals surface area contributed by atoms with Crippen molar-refractivity contribution in [3.63, 3.8) is 0 Å². The first-order chi connectivity index (χ1) is 58.9. The minimum Gasteiger partial charge on any atom is -0.368 e. The van der Waals surface area contributed by atoms with Gasteiger partial charge in [0.05, 0.1) is 19.1 Å². The standard InChI is InChI=1S/C80H149N25O17S2/c1-46(2)40-58-76(118)99-57(30-15-22-38-87)74(116)100-59(41-47(3)4)77(119)104-65(48(5)6)80(122)92-50(8)68(110)95-55(28-13-20-36-85)75(117)102-60(66(89)108)44-123-124-45-61(78(120)97-52(25-10-17-33-82)70(112)91-43-64(107)105-39-23-31-62(105)79(121)101-58)103-71(113)53(26-11-18-34-83)93-63(106)42-90-69(111)51(24-9-16-32-81)96-73(115)56(29-14-21-37-86)98-72(114)54(27-12-19-35-84)94-67(109)49(7)88/h46-62,65H,9-45,81-88H2,1-8H3,(H2,89,108)(H,90,111)(H,91,112)(H,92,122)(H,93,106)(H,94,109)(H,95,110)(H,96,115)(H,97,120)(H,98,114)(H,99,118)(H,100,116)(H,101,121)(H,102,117)(H,103,113)(H,104,119)/t49-,50-,51-,52-,53-,54-,55-,56-,57-,58-,59-,60-,61-,62-,65-/m0/s1. The lowest BCUT2D eigenvalue weighted by Gasteiger charge is -2.30. The molecule has 0 aromatic rings. The summed E-state index contributed by atoms with van der Waals surface area (Å²) in [7, 11) is 1.82. The molecule has 708 valence electrons. The Morgan fingerprint density at radius 1 is 0.427 bits per heavy atom. The van der Waals surface area contributed by atoms with Crippen LogP contribution in [0.4, 0.5) is 0 Å². The monoisotopic (exact) mass is 1800 g/mol. The van der Waals surface area contributed by atoms with E-state index in [9.17, 15) is 76.7 Å². The fourth-order valence-electron chi connectivity index (χ4n) is 13.5. The summed E-state index contributed by atoms with van der Waals surface area (Å²) < 4.78 is 0. The third-order valence-electron chi connectivity index (χ3n) is 20.7. The van der Waals surface area contributed by atoms with Crippen LogP contribution in [0.2, 0.25) is 0 Å². The number of fused-ring (bicyclic) bond motifs is 1. The quantitative estimate of drug-likeness (QED) is 0.0200. The molecule has 0 aromatic carbocycles. The lowest BCUT2D eigenvalue weighted by Crippen LogP contribution is -2.61. The highest BCUT2D eigenvalue weighted by Crippen LogP contribution is 2.25. The first-order valence-electron chi connectivity index (χ1n) is 43.9. The average Bonchev–Trinajstić information content (AvgIpc) is 1.66. The molecule has 0 unspecified atom stereocenters. The summed E-state index contributed by atoms with van der Waals surface area (Å²) in [6, 6.07) is -19.5. The van der Waals surface area contributed by atoms with Crippen LogP contribution in [-0.4, -0.2) is 273 Å². The maximum atomic E-state index is 15.0. The van der Waals surface area contributed by atoms with Crippen LogP contribution < -0.4 is 131 Å². The molecule has 2 fully saturated rings. The molecule has 2 heterocycles. The number of amides is 17. The second-order valence-electron chi connectivity index (χ2n) is 32.9. The van der Waals surface area contributed by atoms with Crippen LogP contribution in [0.5, 0.6) is 0 Å². The van der Waals surface area contributed by atoms with Crippen LogP contribution in [0.25, 0.3) is 0 Å². The molecular formula is C80H149N25O17S2. The van der Waals surface area contributed by atoms with Gasteiger partial charge in [-0.15, -0.1) is 0 Å². The Bertz CT molecular complexity index is 3390. The second-order valence-corrected chi connectivity index (χ2v) is 35.4. The predicted octanol–water partition coefficient (Wildman–Crippen LogP) is -5.59. The average molecular weight is 1800 g/mol. The molecule has 33 N–H and O–H groups in total. The van der Waals surface area contributed by atoms with Gasteiger partial charge >= 0.3 is 0 Å². The first-order valence-corrected chi connectivity index (χ1v) is 46.4. The van der Waals surface area contributed by atoms with Crippen LogP contribution in [0.3, 0.4) is 0 Å². The minimum absolute atomic E-state index is 0.0167. The molecule has 0 spiro atoms. The largest absolute Gasteiger partial charge is 0.368 e. The molecule has 0 radical (unpaired) electrons. The van der Waals surface area contributed by atoms with Gasteiger partial charge in [0.1, 0.15) is 84.6 Å². The van der Waals surface area contributed by atoms with E-state index in [1.54, 1.807) is 13.8 Å². The number of nitrogens with zero attached hydrogens (tertiary/aromatic N) is 1. The van der Waals surface area contributed by atoms with E-state index in [1.807, 2.05) is 27.7 Å². The van der Waals surface area contributed by atoms with Gasteiger partial charge in [-0.25, -0.2) is 0 Å². The van der Waals surface area contributed by atoms with E-state index in [4.69, 9.17) is 51.6 Å². The molecule has 2 saturated heterocycles. The van der Waals surface area contributed by atoms with E-state index < -0.39 is 210 Å². The normalized spacial score (nSPS) is 22.5. The van der Waals surface area contributed by atoms with Crippen molar-refractivity contribution < 1.29 is 81.5 Å². The number of carbonyl (C=O) groups excluding carboxylic acids is 17. The second kappa shape index (κ2) is 62.5. The van der Waals surface area contributed by atoms with Crippen LogP contribution in [-0.2, 0) is 81.5 Å². The van der Waals surface area contributed by atoms with E-state index in [-0.39, 0.29) is 146 Å². The fraction of sp³-hybridized carbons (Fsp3) is 0.787. The summed E-state index contributed by atoms with van der Waals surface area (Å²) in [5.41, 5.74) is 52.5. The first kappa shape index (κ1) is 111. The van der Waals surface area contributed by atoms with Gasteiger partial charge in [-0.05, 0) is 238 Å².